The zero-order chi connectivity index (χ0) is 15.5. The third kappa shape index (κ3) is 3.39. The Balaban J connectivity index is 2.31. The van der Waals surface area contributed by atoms with Crippen LogP contribution in [0.3, 0.4) is 0 Å². The van der Waals surface area contributed by atoms with Gasteiger partial charge in [-0.1, -0.05) is 0 Å². The van der Waals surface area contributed by atoms with Crippen molar-refractivity contribution in [1.29, 1.82) is 0 Å². The van der Waals surface area contributed by atoms with Gasteiger partial charge in [0, 0.05) is 37.4 Å². The van der Waals surface area contributed by atoms with E-state index in [1.54, 1.807) is 24.8 Å². The van der Waals surface area contributed by atoms with Crippen molar-refractivity contribution in [2.24, 2.45) is 0 Å². The lowest BCUT2D eigenvalue weighted by molar-refractivity contribution is 0.468. The molecule has 0 bridgehead atoms. The quantitative estimate of drug-likeness (QED) is 0.880. The van der Waals surface area contributed by atoms with E-state index in [4.69, 9.17) is 0 Å². The van der Waals surface area contributed by atoms with E-state index in [2.05, 4.69) is 15.3 Å². The van der Waals surface area contributed by atoms with Crippen molar-refractivity contribution in [3.63, 3.8) is 0 Å². The Labute approximate surface area is 128 Å². The number of anilines is 1. The Morgan fingerprint density at radius 3 is 2.81 bits per heavy atom. The summed E-state index contributed by atoms with van der Waals surface area (Å²) in [5, 5.41) is 3.05. The van der Waals surface area contributed by atoms with E-state index in [9.17, 15) is 8.42 Å². The summed E-state index contributed by atoms with van der Waals surface area (Å²) in [6, 6.07) is 1.67. The van der Waals surface area contributed by atoms with Gasteiger partial charge < -0.3 is 5.32 Å². The first-order chi connectivity index (χ1) is 9.96. The highest BCUT2D eigenvalue weighted by molar-refractivity contribution is 7.89. The van der Waals surface area contributed by atoms with Crippen LogP contribution >= 0.6 is 11.3 Å². The van der Waals surface area contributed by atoms with Gasteiger partial charge in [0.15, 0.2) is 0 Å². The van der Waals surface area contributed by atoms with Gasteiger partial charge in [-0.2, -0.15) is 4.31 Å². The van der Waals surface area contributed by atoms with Crippen molar-refractivity contribution in [3.8, 4) is 0 Å². The molecule has 0 aliphatic heterocycles. The molecule has 6 nitrogen and oxygen atoms in total. The van der Waals surface area contributed by atoms with Crippen molar-refractivity contribution >= 4 is 27.0 Å². The largest absolute Gasteiger partial charge is 0.384 e. The number of thiazole rings is 1. The van der Waals surface area contributed by atoms with Crippen LogP contribution in [0.25, 0.3) is 0 Å². The summed E-state index contributed by atoms with van der Waals surface area (Å²) in [5.74, 6) is 0. The number of sulfonamides is 1. The fraction of sp³-hybridized carbons (Fsp3) is 0.385. The number of nitrogens with one attached hydrogen (secondary N) is 1. The Bertz CT molecular complexity index is 712. The maximum Gasteiger partial charge on any atom is 0.246 e. The van der Waals surface area contributed by atoms with Crippen LogP contribution in [0.4, 0.5) is 5.69 Å². The summed E-state index contributed by atoms with van der Waals surface area (Å²) < 4.78 is 26.7. The molecule has 0 aliphatic rings. The smallest absolute Gasteiger partial charge is 0.246 e. The summed E-state index contributed by atoms with van der Waals surface area (Å²) >= 11 is 1.46. The summed E-state index contributed by atoms with van der Waals surface area (Å²) in [7, 11) is -2.03. The molecule has 0 saturated heterocycles. The van der Waals surface area contributed by atoms with Gasteiger partial charge in [0.05, 0.1) is 16.9 Å². The number of aromatic nitrogens is 2. The average Bonchev–Trinajstić information content (AvgIpc) is 2.85. The van der Waals surface area contributed by atoms with E-state index in [1.165, 1.54) is 21.8 Å². The Morgan fingerprint density at radius 1 is 1.43 bits per heavy atom. The molecule has 2 aromatic heterocycles. The summed E-state index contributed by atoms with van der Waals surface area (Å²) in [4.78, 5) is 9.21. The molecule has 2 heterocycles. The molecule has 0 aliphatic carbocycles. The van der Waals surface area contributed by atoms with Gasteiger partial charge in [-0.25, -0.2) is 13.4 Å². The van der Waals surface area contributed by atoms with Crippen LogP contribution < -0.4 is 5.32 Å². The van der Waals surface area contributed by atoms with Gasteiger partial charge in [-0.15, -0.1) is 11.3 Å². The summed E-state index contributed by atoms with van der Waals surface area (Å²) in [6.45, 7) is 4.74. The molecule has 8 heteroatoms. The number of nitrogens with zero attached hydrogens (tertiary/aromatic N) is 3. The predicted molar refractivity (Wildman–Crippen MR) is 83.9 cm³/mol. The van der Waals surface area contributed by atoms with Crippen molar-refractivity contribution in [1.82, 2.24) is 14.3 Å². The summed E-state index contributed by atoms with van der Waals surface area (Å²) in [5.41, 5.74) is 3.15. The standard InChI is InChI=1S/C13H18N4O2S2/c1-4-15-11-5-6-14-7-13(11)21(18,19)17(3)8-12-10(2)16-9-20-12/h5-7,9H,4,8H2,1-3H3,(H,14,15). The number of hydrogen-bond donors (Lipinski definition) is 1. The average molecular weight is 326 g/mol. The molecule has 0 spiro atoms. The molecule has 114 valence electrons. The van der Waals surface area contributed by atoms with Crippen LogP contribution in [0, 0.1) is 6.92 Å². The van der Waals surface area contributed by atoms with E-state index in [1.807, 2.05) is 13.8 Å². The van der Waals surface area contributed by atoms with Crippen LogP contribution in [0.15, 0.2) is 28.9 Å². The van der Waals surface area contributed by atoms with E-state index < -0.39 is 10.0 Å². The molecule has 2 aromatic rings. The minimum Gasteiger partial charge on any atom is -0.384 e. The lowest BCUT2D eigenvalue weighted by Crippen LogP contribution is -2.27. The van der Waals surface area contributed by atoms with E-state index in [-0.39, 0.29) is 4.90 Å². The zero-order valence-electron chi connectivity index (χ0n) is 12.2. The van der Waals surface area contributed by atoms with Gasteiger partial charge >= 0.3 is 0 Å². The lowest BCUT2D eigenvalue weighted by atomic mass is 10.4. The molecule has 21 heavy (non-hydrogen) atoms. The topological polar surface area (TPSA) is 75.2 Å². The van der Waals surface area contributed by atoms with Crippen LogP contribution in [0.5, 0.6) is 0 Å². The van der Waals surface area contributed by atoms with Gasteiger partial charge in [0.25, 0.3) is 0 Å². The van der Waals surface area contributed by atoms with Gasteiger partial charge in [0.1, 0.15) is 4.90 Å². The number of hydrogen-bond acceptors (Lipinski definition) is 6. The normalized spacial score (nSPS) is 11.8. The van der Waals surface area contributed by atoms with E-state index in [0.717, 1.165) is 10.6 Å². The molecule has 2 rings (SSSR count). The van der Waals surface area contributed by atoms with Gasteiger partial charge in [0.2, 0.25) is 10.0 Å². The highest BCUT2D eigenvalue weighted by atomic mass is 32.2. The van der Waals surface area contributed by atoms with E-state index >= 15 is 0 Å². The summed E-state index contributed by atoms with van der Waals surface area (Å²) in [6.07, 6.45) is 2.95. The second-order valence-electron chi connectivity index (χ2n) is 4.52. The van der Waals surface area contributed by atoms with Crippen molar-refractivity contribution in [2.75, 3.05) is 18.9 Å². The van der Waals surface area contributed by atoms with Crippen molar-refractivity contribution in [3.05, 3.63) is 34.5 Å². The van der Waals surface area contributed by atoms with Crippen molar-refractivity contribution in [2.45, 2.75) is 25.3 Å². The fourth-order valence-electron chi connectivity index (χ4n) is 1.86. The van der Waals surface area contributed by atoms with Crippen LogP contribution in [0.2, 0.25) is 0 Å². The molecule has 0 atom stereocenters. The van der Waals surface area contributed by atoms with Crippen LogP contribution in [0.1, 0.15) is 17.5 Å². The van der Waals surface area contributed by atoms with Gasteiger partial charge in [-0.3, -0.25) is 4.98 Å². The second-order valence-corrected chi connectivity index (χ2v) is 7.48. The molecule has 0 saturated carbocycles. The maximum absolute atomic E-state index is 12.7. The fourth-order valence-corrected chi connectivity index (χ4v) is 4.01. The molecule has 1 N–H and O–H groups in total. The maximum atomic E-state index is 12.7. The lowest BCUT2D eigenvalue weighted by Gasteiger charge is -2.18. The van der Waals surface area contributed by atoms with Crippen LogP contribution in [-0.2, 0) is 16.6 Å². The Kier molecular flexibility index (Phi) is 4.92. The molecular formula is C13H18N4O2S2. The van der Waals surface area contributed by atoms with E-state index in [0.29, 0.717) is 18.8 Å². The third-order valence-electron chi connectivity index (χ3n) is 3.05. The van der Waals surface area contributed by atoms with Gasteiger partial charge in [-0.05, 0) is 19.9 Å². The Hall–Kier alpha value is -1.51. The number of rotatable bonds is 6. The molecule has 0 fully saturated rings. The second kappa shape index (κ2) is 6.50. The molecule has 0 unspecified atom stereocenters. The van der Waals surface area contributed by atoms with Crippen LogP contribution in [-0.4, -0.2) is 36.3 Å². The number of pyridine rings is 1. The molecule has 0 radical (unpaired) electrons. The molecule has 0 amide bonds. The molecule has 0 aromatic carbocycles. The zero-order valence-corrected chi connectivity index (χ0v) is 13.8. The molecular weight excluding hydrogens is 308 g/mol. The highest BCUT2D eigenvalue weighted by Gasteiger charge is 2.25. The Morgan fingerprint density at radius 2 is 2.19 bits per heavy atom. The predicted octanol–water partition coefficient (Wildman–Crippen LogP) is 2.10. The first-order valence-electron chi connectivity index (χ1n) is 6.50. The van der Waals surface area contributed by atoms with Crippen molar-refractivity contribution < 1.29 is 8.42 Å². The third-order valence-corrected chi connectivity index (χ3v) is 5.80. The minimum atomic E-state index is -3.60. The SMILES string of the molecule is CCNc1ccncc1S(=O)(=O)N(C)Cc1scnc1C. The highest BCUT2D eigenvalue weighted by Crippen LogP contribution is 2.25. The first kappa shape index (κ1) is 15.9. The monoisotopic (exact) mass is 326 g/mol. The number of aryl methyl sites for hydroxylation is 1. The first-order valence-corrected chi connectivity index (χ1v) is 8.82. The minimum absolute atomic E-state index is 0.191.